The number of nitrogens with two attached hydrogens (primary N) is 1. The Hall–Kier alpha value is -0.120. The molecule has 84 valence electrons. The van der Waals surface area contributed by atoms with Crippen molar-refractivity contribution in [1.82, 2.24) is 9.80 Å². The molecule has 2 N–H and O–H groups in total. The molecule has 1 saturated heterocycles. The average Bonchev–Trinajstić information content (AvgIpc) is 2.15. The maximum Gasteiger partial charge on any atom is 0.0123 e. The van der Waals surface area contributed by atoms with E-state index in [0.29, 0.717) is 6.04 Å². The molecule has 1 rings (SSSR count). The number of hydrogen-bond acceptors (Lipinski definition) is 3. The zero-order valence-corrected chi connectivity index (χ0v) is 9.87. The van der Waals surface area contributed by atoms with Gasteiger partial charge in [0.2, 0.25) is 0 Å². The van der Waals surface area contributed by atoms with Crippen molar-refractivity contribution in [3.05, 3.63) is 0 Å². The molecule has 0 radical (unpaired) electrons. The summed E-state index contributed by atoms with van der Waals surface area (Å²) >= 11 is 0. The van der Waals surface area contributed by atoms with Crippen LogP contribution in [-0.4, -0.2) is 55.1 Å². The third-order valence-corrected chi connectivity index (χ3v) is 3.21. The second-order valence-corrected chi connectivity index (χ2v) is 4.65. The molecule has 1 aliphatic heterocycles. The molecular weight excluding hydrogens is 174 g/mol. The molecule has 0 aromatic carbocycles. The second kappa shape index (κ2) is 5.69. The number of rotatable bonds is 4. The number of nitrogens with zero attached hydrogens (tertiary/aromatic N) is 2. The molecule has 0 saturated carbocycles. The maximum atomic E-state index is 5.65. The Labute approximate surface area is 88.2 Å². The Balaban J connectivity index is 2.43. The summed E-state index contributed by atoms with van der Waals surface area (Å²) in [6.45, 7) is 8.84. The molecule has 0 bridgehead atoms. The van der Waals surface area contributed by atoms with Crippen LogP contribution in [0, 0.1) is 0 Å². The number of likely N-dealkylation sites (tertiary alicyclic amines) is 1. The van der Waals surface area contributed by atoms with Crippen molar-refractivity contribution in [3.63, 3.8) is 0 Å². The van der Waals surface area contributed by atoms with E-state index in [1.54, 1.807) is 0 Å². The van der Waals surface area contributed by atoms with Crippen LogP contribution in [0.3, 0.4) is 0 Å². The third-order valence-electron chi connectivity index (χ3n) is 3.21. The van der Waals surface area contributed by atoms with E-state index in [9.17, 15) is 0 Å². The average molecular weight is 199 g/mol. The Morgan fingerprint density at radius 2 is 1.93 bits per heavy atom. The first kappa shape index (κ1) is 12.0. The van der Waals surface area contributed by atoms with Gasteiger partial charge < -0.3 is 10.6 Å². The van der Waals surface area contributed by atoms with Crippen molar-refractivity contribution in [1.29, 1.82) is 0 Å². The highest BCUT2D eigenvalue weighted by atomic mass is 15.2. The van der Waals surface area contributed by atoms with Crippen LogP contribution >= 0.6 is 0 Å². The van der Waals surface area contributed by atoms with E-state index in [-0.39, 0.29) is 0 Å². The normalized spacial score (nSPS) is 21.0. The fourth-order valence-electron chi connectivity index (χ4n) is 2.34. The van der Waals surface area contributed by atoms with Gasteiger partial charge in [-0.05, 0) is 46.8 Å². The van der Waals surface area contributed by atoms with Crippen LogP contribution in [0.25, 0.3) is 0 Å². The quantitative estimate of drug-likeness (QED) is 0.725. The standard InChI is InChI=1S/C11H25N3/c1-10(2)14(9-6-12)11-4-7-13(3)8-5-11/h10-11H,4-9,12H2,1-3H3. The lowest BCUT2D eigenvalue weighted by atomic mass is 10.0. The molecule has 0 unspecified atom stereocenters. The van der Waals surface area contributed by atoms with Gasteiger partial charge >= 0.3 is 0 Å². The minimum absolute atomic E-state index is 0.631. The van der Waals surface area contributed by atoms with E-state index >= 15 is 0 Å². The minimum Gasteiger partial charge on any atom is -0.329 e. The van der Waals surface area contributed by atoms with Crippen LogP contribution in [0.5, 0.6) is 0 Å². The molecule has 1 heterocycles. The van der Waals surface area contributed by atoms with Crippen LogP contribution < -0.4 is 5.73 Å². The number of piperidine rings is 1. The van der Waals surface area contributed by atoms with Crippen LogP contribution in [0.1, 0.15) is 26.7 Å². The molecule has 14 heavy (non-hydrogen) atoms. The Morgan fingerprint density at radius 3 is 2.36 bits per heavy atom. The van der Waals surface area contributed by atoms with Gasteiger partial charge in [0, 0.05) is 25.2 Å². The van der Waals surface area contributed by atoms with Crippen molar-refractivity contribution < 1.29 is 0 Å². The Morgan fingerprint density at radius 1 is 1.36 bits per heavy atom. The van der Waals surface area contributed by atoms with Crippen LogP contribution in [0.4, 0.5) is 0 Å². The first-order valence-corrected chi connectivity index (χ1v) is 5.79. The van der Waals surface area contributed by atoms with Crippen molar-refractivity contribution in [2.24, 2.45) is 5.73 Å². The molecule has 0 aromatic rings. The van der Waals surface area contributed by atoms with Crippen LogP contribution in [0.15, 0.2) is 0 Å². The first-order valence-electron chi connectivity index (χ1n) is 5.79. The van der Waals surface area contributed by atoms with Crippen LogP contribution in [-0.2, 0) is 0 Å². The fraction of sp³-hybridized carbons (Fsp3) is 1.00. The zero-order valence-electron chi connectivity index (χ0n) is 9.87. The minimum atomic E-state index is 0.631. The Kier molecular flexibility index (Phi) is 4.85. The second-order valence-electron chi connectivity index (χ2n) is 4.65. The molecule has 0 atom stereocenters. The molecule has 1 fully saturated rings. The predicted octanol–water partition coefficient (Wildman–Crippen LogP) is 0.750. The molecule has 0 amide bonds. The monoisotopic (exact) mass is 199 g/mol. The van der Waals surface area contributed by atoms with Crippen molar-refractivity contribution >= 4 is 0 Å². The molecule has 0 aliphatic carbocycles. The lowest BCUT2D eigenvalue weighted by molar-refractivity contribution is 0.0971. The van der Waals surface area contributed by atoms with Crippen LogP contribution in [0.2, 0.25) is 0 Å². The summed E-state index contributed by atoms with van der Waals surface area (Å²) < 4.78 is 0. The van der Waals surface area contributed by atoms with E-state index in [1.807, 2.05) is 0 Å². The summed E-state index contributed by atoms with van der Waals surface area (Å²) in [5.41, 5.74) is 5.65. The SMILES string of the molecule is CC(C)N(CCN)C1CCN(C)CC1. The van der Waals surface area contributed by atoms with Gasteiger partial charge in [-0.3, -0.25) is 4.90 Å². The van der Waals surface area contributed by atoms with E-state index in [0.717, 1.165) is 19.1 Å². The summed E-state index contributed by atoms with van der Waals surface area (Å²) in [5, 5.41) is 0. The van der Waals surface area contributed by atoms with E-state index in [1.165, 1.54) is 25.9 Å². The van der Waals surface area contributed by atoms with Gasteiger partial charge in [-0.2, -0.15) is 0 Å². The largest absolute Gasteiger partial charge is 0.329 e. The van der Waals surface area contributed by atoms with E-state index in [4.69, 9.17) is 5.73 Å². The van der Waals surface area contributed by atoms with Gasteiger partial charge in [0.1, 0.15) is 0 Å². The van der Waals surface area contributed by atoms with Gasteiger partial charge in [-0.1, -0.05) is 0 Å². The summed E-state index contributed by atoms with van der Waals surface area (Å²) in [4.78, 5) is 4.98. The van der Waals surface area contributed by atoms with E-state index in [2.05, 4.69) is 30.7 Å². The van der Waals surface area contributed by atoms with E-state index < -0.39 is 0 Å². The molecular formula is C11H25N3. The lowest BCUT2D eigenvalue weighted by Crippen LogP contribution is -2.48. The molecule has 3 heteroatoms. The van der Waals surface area contributed by atoms with Crippen molar-refractivity contribution in [2.75, 3.05) is 33.2 Å². The summed E-state index contributed by atoms with van der Waals surface area (Å²) in [5.74, 6) is 0. The summed E-state index contributed by atoms with van der Waals surface area (Å²) in [7, 11) is 2.21. The van der Waals surface area contributed by atoms with Gasteiger partial charge in [-0.25, -0.2) is 0 Å². The van der Waals surface area contributed by atoms with Gasteiger partial charge in [-0.15, -0.1) is 0 Å². The summed E-state index contributed by atoms with van der Waals surface area (Å²) in [6.07, 6.45) is 2.60. The lowest BCUT2D eigenvalue weighted by Gasteiger charge is -2.39. The molecule has 0 aromatic heterocycles. The highest BCUT2D eigenvalue weighted by Gasteiger charge is 2.23. The molecule has 3 nitrogen and oxygen atoms in total. The first-order chi connectivity index (χ1) is 6.65. The van der Waals surface area contributed by atoms with Gasteiger partial charge in [0.15, 0.2) is 0 Å². The molecule has 0 spiro atoms. The highest BCUT2D eigenvalue weighted by Crippen LogP contribution is 2.17. The predicted molar refractivity (Wildman–Crippen MR) is 61.4 cm³/mol. The molecule has 1 aliphatic rings. The van der Waals surface area contributed by atoms with Crippen molar-refractivity contribution in [3.8, 4) is 0 Å². The smallest absolute Gasteiger partial charge is 0.0123 e. The highest BCUT2D eigenvalue weighted by molar-refractivity contribution is 4.80. The maximum absolute atomic E-state index is 5.65. The Bertz CT molecular complexity index is 151. The zero-order chi connectivity index (χ0) is 10.6. The fourth-order valence-corrected chi connectivity index (χ4v) is 2.34. The topological polar surface area (TPSA) is 32.5 Å². The van der Waals surface area contributed by atoms with Gasteiger partial charge in [0.05, 0.1) is 0 Å². The van der Waals surface area contributed by atoms with Gasteiger partial charge in [0.25, 0.3) is 0 Å². The number of hydrogen-bond donors (Lipinski definition) is 1. The third kappa shape index (κ3) is 3.23. The van der Waals surface area contributed by atoms with Crippen molar-refractivity contribution in [2.45, 2.75) is 38.8 Å². The summed E-state index contributed by atoms with van der Waals surface area (Å²) in [6, 6.07) is 1.39.